The lowest BCUT2D eigenvalue weighted by atomic mass is 9.86. The first-order chi connectivity index (χ1) is 7.07. The quantitative estimate of drug-likeness (QED) is 0.767. The van der Waals surface area contributed by atoms with Crippen molar-refractivity contribution >= 4 is 5.78 Å². The molecular weight excluding hydrogens is 186 g/mol. The molecule has 0 amide bonds. The summed E-state index contributed by atoms with van der Waals surface area (Å²) in [4.78, 5) is 12.2. The van der Waals surface area contributed by atoms with Crippen LogP contribution in [0.2, 0.25) is 0 Å². The van der Waals surface area contributed by atoms with E-state index >= 15 is 0 Å². The van der Waals surface area contributed by atoms with Gasteiger partial charge in [-0.15, -0.1) is 0 Å². The number of nitrogens with two attached hydrogens (primary N) is 1. The van der Waals surface area contributed by atoms with E-state index in [1.54, 1.807) is 0 Å². The Morgan fingerprint density at radius 3 is 2.40 bits per heavy atom. The van der Waals surface area contributed by atoms with Crippen LogP contribution in [0.4, 0.5) is 0 Å². The van der Waals surface area contributed by atoms with Crippen LogP contribution in [0, 0.1) is 18.8 Å². The number of aryl methyl sites for hydroxylation is 1. The average Bonchev–Trinajstić information content (AvgIpc) is 2.18. The highest BCUT2D eigenvalue weighted by atomic mass is 16.1. The summed E-state index contributed by atoms with van der Waals surface area (Å²) in [7, 11) is 0. The maximum Gasteiger partial charge on any atom is 0.167 e. The largest absolute Gasteiger partial charge is 0.330 e. The second-order valence-electron chi connectivity index (χ2n) is 4.27. The molecular formula is C13H19NO. The van der Waals surface area contributed by atoms with E-state index in [9.17, 15) is 4.79 Å². The number of hydrogen-bond acceptors (Lipinski definition) is 2. The number of rotatable bonds is 4. The minimum atomic E-state index is -0.0638. The molecule has 2 N–H and O–H groups in total. The molecule has 1 unspecified atom stereocenters. The fourth-order valence-electron chi connectivity index (χ4n) is 1.73. The highest BCUT2D eigenvalue weighted by molar-refractivity contribution is 5.99. The minimum Gasteiger partial charge on any atom is -0.330 e. The van der Waals surface area contributed by atoms with Gasteiger partial charge in [0.1, 0.15) is 0 Å². The van der Waals surface area contributed by atoms with Crippen LogP contribution in [0.3, 0.4) is 0 Å². The van der Waals surface area contributed by atoms with Gasteiger partial charge in [0.05, 0.1) is 0 Å². The SMILES string of the molecule is Cc1ccccc1C(=O)C(CN)C(C)C. The molecule has 0 aliphatic rings. The fraction of sp³-hybridized carbons (Fsp3) is 0.462. The van der Waals surface area contributed by atoms with Gasteiger partial charge in [0.2, 0.25) is 0 Å². The second kappa shape index (κ2) is 5.08. The van der Waals surface area contributed by atoms with E-state index in [0.29, 0.717) is 12.5 Å². The zero-order chi connectivity index (χ0) is 11.4. The Morgan fingerprint density at radius 2 is 1.93 bits per heavy atom. The first-order valence-electron chi connectivity index (χ1n) is 5.37. The molecule has 0 saturated heterocycles. The smallest absolute Gasteiger partial charge is 0.167 e. The van der Waals surface area contributed by atoms with Crippen LogP contribution in [-0.4, -0.2) is 12.3 Å². The number of hydrogen-bond donors (Lipinski definition) is 1. The Morgan fingerprint density at radius 1 is 1.33 bits per heavy atom. The summed E-state index contributed by atoms with van der Waals surface area (Å²) in [6, 6.07) is 7.68. The maximum atomic E-state index is 12.2. The van der Waals surface area contributed by atoms with Gasteiger partial charge in [-0.2, -0.15) is 0 Å². The fourth-order valence-corrected chi connectivity index (χ4v) is 1.73. The number of ketones is 1. The summed E-state index contributed by atoms with van der Waals surface area (Å²) < 4.78 is 0. The van der Waals surface area contributed by atoms with E-state index in [0.717, 1.165) is 11.1 Å². The zero-order valence-electron chi connectivity index (χ0n) is 9.66. The molecule has 0 heterocycles. The first kappa shape index (κ1) is 11.9. The highest BCUT2D eigenvalue weighted by Crippen LogP contribution is 2.18. The van der Waals surface area contributed by atoms with E-state index in [2.05, 4.69) is 0 Å². The molecule has 0 aromatic heterocycles. The lowest BCUT2D eigenvalue weighted by molar-refractivity contribution is 0.0891. The van der Waals surface area contributed by atoms with Gasteiger partial charge >= 0.3 is 0 Å². The highest BCUT2D eigenvalue weighted by Gasteiger charge is 2.22. The third-order valence-electron chi connectivity index (χ3n) is 2.81. The van der Waals surface area contributed by atoms with E-state index < -0.39 is 0 Å². The van der Waals surface area contributed by atoms with Crippen LogP contribution in [0.25, 0.3) is 0 Å². The van der Waals surface area contributed by atoms with Crippen molar-refractivity contribution in [3.8, 4) is 0 Å². The third kappa shape index (κ3) is 2.66. The molecule has 0 aliphatic heterocycles. The van der Waals surface area contributed by atoms with Crippen molar-refractivity contribution in [3.63, 3.8) is 0 Å². The summed E-state index contributed by atoms with van der Waals surface area (Å²) in [5.41, 5.74) is 7.48. The molecule has 15 heavy (non-hydrogen) atoms. The molecule has 0 radical (unpaired) electrons. The Balaban J connectivity index is 2.98. The zero-order valence-corrected chi connectivity index (χ0v) is 9.66. The number of Topliss-reactive ketones (excluding diaryl/α,β-unsaturated/α-hetero) is 1. The minimum absolute atomic E-state index is 0.0638. The Kier molecular flexibility index (Phi) is 4.04. The summed E-state index contributed by atoms with van der Waals surface area (Å²) in [5, 5.41) is 0. The van der Waals surface area contributed by atoms with Crippen molar-refractivity contribution in [2.75, 3.05) is 6.54 Å². The molecule has 1 aromatic rings. The molecule has 82 valence electrons. The molecule has 0 fully saturated rings. The van der Waals surface area contributed by atoms with Crippen molar-refractivity contribution in [2.45, 2.75) is 20.8 Å². The van der Waals surface area contributed by atoms with Crippen molar-refractivity contribution < 1.29 is 4.79 Å². The van der Waals surface area contributed by atoms with Crippen LogP contribution in [0.5, 0.6) is 0 Å². The van der Waals surface area contributed by atoms with E-state index in [-0.39, 0.29) is 11.7 Å². The number of benzene rings is 1. The predicted octanol–water partition coefficient (Wildman–Crippen LogP) is 2.41. The summed E-state index contributed by atoms with van der Waals surface area (Å²) in [6.07, 6.45) is 0. The Labute approximate surface area is 91.5 Å². The predicted molar refractivity (Wildman–Crippen MR) is 62.9 cm³/mol. The normalized spacial score (nSPS) is 12.9. The molecule has 1 atom stereocenters. The van der Waals surface area contributed by atoms with E-state index in [4.69, 9.17) is 5.73 Å². The van der Waals surface area contributed by atoms with Gasteiger partial charge in [-0.3, -0.25) is 4.79 Å². The number of carbonyl (C=O) groups is 1. The van der Waals surface area contributed by atoms with Gasteiger partial charge in [-0.1, -0.05) is 38.1 Å². The molecule has 2 nitrogen and oxygen atoms in total. The van der Waals surface area contributed by atoms with Gasteiger partial charge in [0.25, 0.3) is 0 Å². The topological polar surface area (TPSA) is 43.1 Å². The average molecular weight is 205 g/mol. The monoisotopic (exact) mass is 205 g/mol. The number of carbonyl (C=O) groups excluding carboxylic acids is 1. The third-order valence-corrected chi connectivity index (χ3v) is 2.81. The van der Waals surface area contributed by atoms with Gasteiger partial charge < -0.3 is 5.73 Å². The van der Waals surface area contributed by atoms with Crippen LogP contribution in [0.15, 0.2) is 24.3 Å². The maximum absolute atomic E-state index is 12.2. The summed E-state index contributed by atoms with van der Waals surface area (Å²) in [6.45, 7) is 6.45. The molecule has 0 aliphatic carbocycles. The van der Waals surface area contributed by atoms with Crippen LogP contribution in [-0.2, 0) is 0 Å². The van der Waals surface area contributed by atoms with E-state index in [1.165, 1.54) is 0 Å². The second-order valence-corrected chi connectivity index (χ2v) is 4.27. The standard InChI is InChI=1S/C13H19NO/c1-9(2)12(8-14)13(15)11-7-5-4-6-10(11)3/h4-7,9,12H,8,14H2,1-3H3. The van der Waals surface area contributed by atoms with Crippen LogP contribution < -0.4 is 5.73 Å². The summed E-state index contributed by atoms with van der Waals surface area (Å²) >= 11 is 0. The molecule has 0 spiro atoms. The molecule has 1 rings (SSSR count). The molecule has 0 saturated carbocycles. The lowest BCUT2D eigenvalue weighted by Gasteiger charge is -2.18. The van der Waals surface area contributed by atoms with Crippen molar-refractivity contribution in [3.05, 3.63) is 35.4 Å². The van der Waals surface area contributed by atoms with E-state index in [1.807, 2.05) is 45.0 Å². The molecule has 0 bridgehead atoms. The Bertz CT molecular complexity index is 344. The van der Waals surface area contributed by atoms with Crippen LogP contribution in [0.1, 0.15) is 29.8 Å². The van der Waals surface area contributed by atoms with Crippen LogP contribution >= 0.6 is 0 Å². The summed E-state index contributed by atoms with van der Waals surface area (Å²) in [5.74, 6) is 0.402. The van der Waals surface area contributed by atoms with Crippen molar-refractivity contribution in [1.82, 2.24) is 0 Å². The molecule has 1 aromatic carbocycles. The van der Waals surface area contributed by atoms with Gasteiger partial charge in [-0.05, 0) is 18.4 Å². The van der Waals surface area contributed by atoms with Crippen molar-refractivity contribution in [2.24, 2.45) is 17.6 Å². The Hall–Kier alpha value is -1.15. The van der Waals surface area contributed by atoms with Gasteiger partial charge in [0, 0.05) is 18.0 Å². The van der Waals surface area contributed by atoms with Gasteiger partial charge in [-0.25, -0.2) is 0 Å². The van der Waals surface area contributed by atoms with Gasteiger partial charge in [0.15, 0.2) is 5.78 Å². The lowest BCUT2D eigenvalue weighted by Crippen LogP contribution is -2.28. The van der Waals surface area contributed by atoms with Crippen molar-refractivity contribution in [1.29, 1.82) is 0 Å². The molecule has 2 heteroatoms. The first-order valence-corrected chi connectivity index (χ1v) is 5.37.